The Bertz CT molecular complexity index is 80.5. The van der Waals surface area contributed by atoms with Crippen LogP contribution in [0, 0.1) is 0 Å². The summed E-state index contributed by atoms with van der Waals surface area (Å²) in [6.07, 6.45) is 4.27. The van der Waals surface area contributed by atoms with Crippen LogP contribution in [0.15, 0.2) is 17.9 Å². The normalized spacial score (nSPS) is 9.62. The lowest BCUT2D eigenvalue weighted by molar-refractivity contribution is 0.971. The molecule has 0 aromatic rings. The molecular weight excluding hydrogens is 168 g/mol. The van der Waals surface area contributed by atoms with Gasteiger partial charge in [0.25, 0.3) is 0 Å². The summed E-state index contributed by atoms with van der Waals surface area (Å²) in [6.45, 7) is 3.42. The summed E-state index contributed by atoms with van der Waals surface area (Å²) >= 11 is 3.26. The first-order valence-corrected chi connectivity index (χ1v) is 3.48. The van der Waals surface area contributed by atoms with E-state index in [1.165, 1.54) is 6.20 Å². The van der Waals surface area contributed by atoms with Crippen molar-refractivity contribution in [1.29, 1.82) is 0 Å². The SMILES string of the molecule is C=CN/N=C\CCBr. The minimum atomic E-state index is 0.945. The molecule has 46 valence electrons. The van der Waals surface area contributed by atoms with E-state index in [1.807, 2.05) is 0 Å². The zero-order chi connectivity index (χ0) is 6.24. The van der Waals surface area contributed by atoms with E-state index in [2.05, 4.69) is 33.0 Å². The second-order valence-corrected chi connectivity index (χ2v) is 1.92. The lowest BCUT2D eigenvalue weighted by Gasteiger charge is -1.84. The molecule has 0 amide bonds. The van der Waals surface area contributed by atoms with Gasteiger partial charge in [-0.3, -0.25) is 5.43 Å². The largest absolute Gasteiger partial charge is 0.287 e. The number of nitrogens with one attached hydrogen (secondary N) is 1. The van der Waals surface area contributed by atoms with Crippen molar-refractivity contribution in [1.82, 2.24) is 5.43 Å². The molecule has 0 aliphatic carbocycles. The van der Waals surface area contributed by atoms with Crippen LogP contribution in [-0.4, -0.2) is 11.5 Å². The van der Waals surface area contributed by atoms with Crippen LogP contribution < -0.4 is 5.43 Å². The minimum absolute atomic E-state index is 0.945. The highest BCUT2D eigenvalue weighted by Gasteiger charge is 1.70. The summed E-state index contributed by atoms with van der Waals surface area (Å²) in [7, 11) is 0. The maximum atomic E-state index is 3.76. The first kappa shape index (κ1) is 7.69. The van der Waals surface area contributed by atoms with Crippen LogP contribution in [0.4, 0.5) is 0 Å². The fraction of sp³-hybridized carbons (Fsp3) is 0.400. The van der Waals surface area contributed by atoms with Crippen LogP contribution in [-0.2, 0) is 0 Å². The van der Waals surface area contributed by atoms with Gasteiger partial charge in [-0.1, -0.05) is 22.5 Å². The van der Waals surface area contributed by atoms with Gasteiger partial charge in [-0.2, -0.15) is 5.10 Å². The van der Waals surface area contributed by atoms with E-state index in [9.17, 15) is 0 Å². The number of alkyl halides is 1. The molecule has 0 bridgehead atoms. The number of hydrazone groups is 1. The average Bonchev–Trinajstić information content (AvgIpc) is 1.81. The van der Waals surface area contributed by atoms with Gasteiger partial charge in [0, 0.05) is 17.7 Å². The van der Waals surface area contributed by atoms with Crippen LogP contribution in [0.2, 0.25) is 0 Å². The van der Waals surface area contributed by atoms with E-state index >= 15 is 0 Å². The van der Waals surface area contributed by atoms with Crippen molar-refractivity contribution in [2.45, 2.75) is 6.42 Å². The standard InChI is InChI=1S/C5H9BrN2/c1-2-7-8-5-3-4-6/h2,5,7H,1,3-4H2/b8-5-. The molecule has 8 heavy (non-hydrogen) atoms. The number of hydrogen-bond acceptors (Lipinski definition) is 2. The average molecular weight is 177 g/mol. The Kier molecular flexibility index (Phi) is 6.43. The predicted molar refractivity (Wildman–Crippen MR) is 40.2 cm³/mol. The molecule has 3 heteroatoms. The van der Waals surface area contributed by atoms with E-state index in [1.54, 1.807) is 6.21 Å². The van der Waals surface area contributed by atoms with Crippen molar-refractivity contribution >= 4 is 22.1 Å². The molecule has 1 N–H and O–H groups in total. The van der Waals surface area contributed by atoms with Crippen LogP contribution in [0.25, 0.3) is 0 Å². The predicted octanol–water partition coefficient (Wildman–Crippen LogP) is 1.49. The molecule has 0 rings (SSSR count). The highest BCUT2D eigenvalue weighted by Crippen LogP contribution is 1.81. The Morgan fingerprint density at radius 1 is 1.75 bits per heavy atom. The molecule has 0 aromatic heterocycles. The maximum absolute atomic E-state index is 3.76. The topological polar surface area (TPSA) is 24.4 Å². The van der Waals surface area contributed by atoms with Gasteiger partial charge in [0.1, 0.15) is 0 Å². The highest BCUT2D eigenvalue weighted by molar-refractivity contribution is 9.09. The van der Waals surface area contributed by atoms with Gasteiger partial charge in [-0.05, 0) is 6.42 Å². The first-order valence-electron chi connectivity index (χ1n) is 2.35. The molecule has 0 atom stereocenters. The Labute approximate surface area is 57.8 Å². The molecule has 0 saturated carbocycles. The van der Waals surface area contributed by atoms with Gasteiger partial charge >= 0.3 is 0 Å². The molecule has 0 aliphatic rings. The van der Waals surface area contributed by atoms with Gasteiger partial charge in [0.15, 0.2) is 0 Å². The summed E-state index contributed by atoms with van der Waals surface area (Å²) in [4.78, 5) is 0. The van der Waals surface area contributed by atoms with Crippen molar-refractivity contribution < 1.29 is 0 Å². The summed E-state index contributed by atoms with van der Waals surface area (Å²) in [5.74, 6) is 0. The second kappa shape index (κ2) is 6.69. The molecule has 0 fully saturated rings. The number of rotatable bonds is 4. The third-order valence-electron chi connectivity index (χ3n) is 0.495. The highest BCUT2D eigenvalue weighted by atomic mass is 79.9. The monoisotopic (exact) mass is 176 g/mol. The molecule has 0 spiro atoms. The van der Waals surface area contributed by atoms with Crippen LogP contribution in [0.5, 0.6) is 0 Å². The Morgan fingerprint density at radius 2 is 2.50 bits per heavy atom. The van der Waals surface area contributed by atoms with Crippen LogP contribution in [0.1, 0.15) is 6.42 Å². The van der Waals surface area contributed by atoms with Gasteiger partial charge < -0.3 is 0 Å². The zero-order valence-electron chi connectivity index (χ0n) is 4.60. The third-order valence-corrected chi connectivity index (χ3v) is 0.953. The molecule has 0 aliphatic heterocycles. The number of halogens is 1. The van der Waals surface area contributed by atoms with E-state index in [4.69, 9.17) is 0 Å². The maximum Gasteiger partial charge on any atom is 0.0255 e. The lowest BCUT2D eigenvalue weighted by Crippen LogP contribution is -1.91. The van der Waals surface area contributed by atoms with Gasteiger partial charge in [-0.15, -0.1) is 0 Å². The minimum Gasteiger partial charge on any atom is -0.287 e. The van der Waals surface area contributed by atoms with Crippen LogP contribution in [0.3, 0.4) is 0 Å². The smallest absolute Gasteiger partial charge is 0.0255 e. The Morgan fingerprint density at radius 3 is 3.00 bits per heavy atom. The molecule has 0 unspecified atom stereocenters. The van der Waals surface area contributed by atoms with E-state index in [0.29, 0.717) is 0 Å². The third kappa shape index (κ3) is 5.69. The Hall–Kier alpha value is -0.310. The molecule has 0 saturated heterocycles. The van der Waals surface area contributed by atoms with Crippen molar-refractivity contribution in [2.75, 3.05) is 5.33 Å². The molecule has 2 nitrogen and oxygen atoms in total. The summed E-state index contributed by atoms with van der Waals surface area (Å²) in [5, 5.41) is 4.71. The first-order chi connectivity index (χ1) is 3.91. The van der Waals surface area contributed by atoms with E-state index in [-0.39, 0.29) is 0 Å². The van der Waals surface area contributed by atoms with Gasteiger partial charge in [0.2, 0.25) is 0 Å². The van der Waals surface area contributed by atoms with Crippen molar-refractivity contribution in [3.8, 4) is 0 Å². The Balaban J connectivity index is 2.94. The summed E-state index contributed by atoms with van der Waals surface area (Å²) in [5.41, 5.74) is 2.60. The second-order valence-electron chi connectivity index (χ2n) is 1.12. The van der Waals surface area contributed by atoms with Gasteiger partial charge in [0.05, 0.1) is 0 Å². The van der Waals surface area contributed by atoms with Crippen molar-refractivity contribution in [3.05, 3.63) is 12.8 Å². The quantitative estimate of drug-likeness (QED) is 0.392. The lowest BCUT2D eigenvalue weighted by atomic mass is 10.6. The summed E-state index contributed by atoms with van der Waals surface area (Å²) < 4.78 is 0. The van der Waals surface area contributed by atoms with Crippen molar-refractivity contribution in [3.63, 3.8) is 0 Å². The fourth-order valence-electron chi connectivity index (χ4n) is 0.219. The molecule has 0 heterocycles. The molecule has 0 aromatic carbocycles. The zero-order valence-corrected chi connectivity index (χ0v) is 6.19. The molecule has 0 radical (unpaired) electrons. The fourth-order valence-corrected chi connectivity index (χ4v) is 0.424. The number of nitrogens with zero attached hydrogens (tertiary/aromatic N) is 1. The van der Waals surface area contributed by atoms with E-state index in [0.717, 1.165) is 11.8 Å². The number of hydrogen-bond donors (Lipinski definition) is 1. The van der Waals surface area contributed by atoms with Crippen LogP contribution >= 0.6 is 15.9 Å². The summed E-state index contributed by atoms with van der Waals surface area (Å²) in [6, 6.07) is 0. The molecular formula is C5H9BrN2. The van der Waals surface area contributed by atoms with Gasteiger partial charge in [-0.25, -0.2) is 0 Å². The van der Waals surface area contributed by atoms with E-state index < -0.39 is 0 Å². The van der Waals surface area contributed by atoms with Crippen molar-refractivity contribution in [2.24, 2.45) is 5.10 Å².